The largest absolute Gasteiger partial charge is 0.403 e. The Labute approximate surface area is 109 Å². The Balaban J connectivity index is 2.43. The van der Waals surface area contributed by atoms with Crippen molar-refractivity contribution in [1.29, 1.82) is 0 Å². The molecule has 92 valence electrons. The highest BCUT2D eigenvalue weighted by Crippen LogP contribution is 2.28. The number of fused-ring (bicyclic) bond motifs is 3. The van der Waals surface area contributed by atoms with Crippen LogP contribution in [0.5, 0.6) is 0 Å². The zero-order chi connectivity index (χ0) is 12.5. The molecule has 2 aromatic heterocycles. The minimum Gasteiger partial charge on any atom is -0.403 e. The van der Waals surface area contributed by atoms with Crippen LogP contribution in [0.1, 0.15) is 29.5 Å². The van der Waals surface area contributed by atoms with Crippen LogP contribution < -0.4 is 5.63 Å². The van der Waals surface area contributed by atoms with Crippen molar-refractivity contribution in [2.45, 2.75) is 25.7 Å². The summed E-state index contributed by atoms with van der Waals surface area (Å²) in [6, 6.07) is 1.89. The van der Waals surface area contributed by atoms with Crippen LogP contribution in [0.4, 0.5) is 0 Å². The predicted octanol–water partition coefficient (Wildman–Crippen LogP) is 3.28. The smallest absolute Gasteiger partial charge is 0.341 e. The van der Waals surface area contributed by atoms with Gasteiger partial charge in [-0.05, 0) is 49.0 Å². The molecule has 4 heteroatoms. The zero-order valence-electron chi connectivity index (χ0n) is 9.78. The summed E-state index contributed by atoms with van der Waals surface area (Å²) in [5, 5.41) is 0.934. The molecule has 3 rings (SSSR count). The summed E-state index contributed by atoms with van der Waals surface area (Å²) in [6.07, 6.45) is 7.29. The lowest BCUT2D eigenvalue weighted by Gasteiger charge is -2.16. The van der Waals surface area contributed by atoms with Gasteiger partial charge >= 0.3 is 5.63 Å². The van der Waals surface area contributed by atoms with Gasteiger partial charge in [0.25, 0.3) is 0 Å². The maximum Gasteiger partial charge on any atom is 0.341 e. The van der Waals surface area contributed by atoms with E-state index in [1.807, 2.05) is 6.07 Å². The first-order chi connectivity index (χ1) is 8.81. The monoisotopic (exact) mass is 261 g/mol. The summed E-state index contributed by atoms with van der Waals surface area (Å²) >= 11 is 5.66. The summed E-state index contributed by atoms with van der Waals surface area (Å²) in [5.41, 5.74) is 4.49. The second kappa shape index (κ2) is 4.58. The van der Waals surface area contributed by atoms with Gasteiger partial charge in [0.05, 0.1) is 0 Å². The highest BCUT2D eigenvalue weighted by Gasteiger charge is 2.19. The lowest BCUT2D eigenvalue weighted by molar-refractivity contribution is 0.524. The van der Waals surface area contributed by atoms with Gasteiger partial charge in [0, 0.05) is 22.7 Å². The molecule has 0 radical (unpaired) electrons. The van der Waals surface area contributed by atoms with Gasteiger partial charge in [-0.25, -0.2) is 9.78 Å². The third-order valence-corrected chi connectivity index (χ3v) is 3.52. The minimum atomic E-state index is -0.239. The maximum absolute atomic E-state index is 11.9. The molecule has 0 unspecified atom stereocenters. The van der Waals surface area contributed by atoms with Crippen molar-refractivity contribution in [2.24, 2.45) is 0 Å². The molecule has 2 aromatic rings. The van der Waals surface area contributed by atoms with Crippen LogP contribution in [0.15, 0.2) is 27.0 Å². The average Bonchev–Trinajstić information content (AvgIpc) is 2.39. The van der Waals surface area contributed by atoms with E-state index in [4.69, 9.17) is 16.0 Å². The van der Waals surface area contributed by atoms with E-state index >= 15 is 0 Å². The van der Waals surface area contributed by atoms with E-state index in [2.05, 4.69) is 4.98 Å². The summed E-state index contributed by atoms with van der Waals surface area (Å²) in [7, 11) is 0. The highest BCUT2D eigenvalue weighted by molar-refractivity contribution is 6.27. The molecule has 0 spiro atoms. The van der Waals surface area contributed by atoms with Crippen molar-refractivity contribution in [2.75, 3.05) is 0 Å². The molecule has 0 aromatic carbocycles. The van der Waals surface area contributed by atoms with Crippen LogP contribution in [-0.4, -0.2) is 4.98 Å². The second-order valence-electron chi connectivity index (χ2n) is 4.43. The van der Waals surface area contributed by atoms with Crippen LogP contribution in [-0.2, 0) is 12.8 Å². The summed E-state index contributed by atoms with van der Waals surface area (Å²) in [5.74, 6) is 0. The third kappa shape index (κ3) is 1.75. The molecule has 2 heterocycles. The number of aromatic nitrogens is 1. The van der Waals surface area contributed by atoms with Crippen LogP contribution in [0, 0.1) is 0 Å². The van der Waals surface area contributed by atoms with Crippen LogP contribution in [0.3, 0.4) is 0 Å². The van der Waals surface area contributed by atoms with E-state index in [0.717, 1.165) is 47.8 Å². The van der Waals surface area contributed by atoms with Crippen molar-refractivity contribution in [3.63, 3.8) is 0 Å². The van der Waals surface area contributed by atoms with Crippen molar-refractivity contribution in [1.82, 2.24) is 4.98 Å². The zero-order valence-corrected chi connectivity index (χ0v) is 10.5. The lowest BCUT2D eigenvalue weighted by atomic mass is 9.90. The molecule has 0 aliphatic heterocycles. The van der Waals surface area contributed by atoms with E-state index in [-0.39, 0.29) is 5.63 Å². The van der Waals surface area contributed by atoms with Crippen molar-refractivity contribution < 1.29 is 4.42 Å². The van der Waals surface area contributed by atoms with Crippen molar-refractivity contribution >= 4 is 28.8 Å². The van der Waals surface area contributed by atoms with E-state index < -0.39 is 0 Å². The van der Waals surface area contributed by atoms with E-state index in [1.54, 1.807) is 12.3 Å². The topological polar surface area (TPSA) is 43.1 Å². The van der Waals surface area contributed by atoms with E-state index in [1.165, 1.54) is 5.54 Å². The molecule has 0 saturated carbocycles. The van der Waals surface area contributed by atoms with Gasteiger partial charge in [-0.1, -0.05) is 11.6 Å². The summed E-state index contributed by atoms with van der Waals surface area (Å²) < 4.78 is 5.30. The number of aryl methyl sites for hydroxylation is 1. The number of pyridine rings is 1. The minimum absolute atomic E-state index is 0.239. The third-order valence-electron chi connectivity index (χ3n) is 3.40. The number of hydrogen-bond acceptors (Lipinski definition) is 3. The molecule has 18 heavy (non-hydrogen) atoms. The van der Waals surface area contributed by atoms with Gasteiger partial charge < -0.3 is 4.42 Å². The van der Waals surface area contributed by atoms with Crippen LogP contribution in [0.2, 0.25) is 0 Å². The van der Waals surface area contributed by atoms with Crippen LogP contribution in [0.25, 0.3) is 17.2 Å². The van der Waals surface area contributed by atoms with Gasteiger partial charge in [0.15, 0.2) is 0 Å². The number of nitrogens with zero attached hydrogens (tertiary/aromatic N) is 1. The van der Waals surface area contributed by atoms with Gasteiger partial charge in [-0.2, -0.15) is 0 Å². The number of hydrogen-bond donors (Lipinski definition) is 0. The highest BCUT2D eigenvalue weighted by atomic mass is 35.5. The standard InChI is InChI=1S/C14H12ClNO2/c15-7-5-9-6-8-16-13-12(9)10-3-1-2-4-11(10)14(17)18-13/h5-8H,1-4H2/b7-5+. The SMILES string of the molecule is O=c1oc2nccc(/C=C/Cl)c2c2c1CCCC2. The predicted molar refractivity (Wildman–Crippen MR) is 71.8 cm³/mol. The Kier molecular flexibility index (Phi) is 2.92. The first kappa shape index (κ1) is 11.5. The lowest BCUT2D eigenvalue weighted by Crippen LogP contribution is -2.16. The molecule has 0 bridgehead atoms. The quantitative estimate of drug-likeness (QED) is 0.791. The molecule has 3 nitrogen and oxygen atoms in total. The molecule has 0 saturated heterocycles. The Morgan fingerprint density at radius 3 is 2.83 bits per heavy atom. The van der Waals surface area contributed by atoms with Gasteiger partial charge in [-0.3, -0.25) is 0 Å². The molecule has 0 amide bonds. The normalized spacial score (nSPS) is 15.2. The summed E-state index contributed by atoms with van der Waals surface area (Å²) in [4.78, 5) is 16.0. The fraction of sp³-hybridized carbons (Fsp3) is 0.286. The van der Waals surface area contributed by atoms with Crippen LogP contribution >= 0.6 is 11.6 Å². The first-order valence-corrected chi connectivity index (χ1v) is 6.45. The van der Waals surface area contributed by atoms with Gasteiger partial charge in [-0.15, -0.1) is 0 Å². The first-order valence-electron chi connectivity index (χ1n) is 6.01. The van der Waals surface area contributed by atoms with E-state index in [0.29, 0.717) is 5.71 Å². The second-order valence-corrected chi connectivity index (χ2v) is 4.68. The molecular formula is C14H12ClNO2. The molecule has 0 atom stereocenters. The van der Waals surface area contributed by atoms with E-state index in [9.17, 15) is 4.79 Å². The van der Waals surface area contributed by atoms with Crippen molar-refractivity contribution in [3.05, 3.63) is 44.9 Å². The van der Waals surface area contributed by atoms with Gasteiger partial charge in [0.1, 0.15) is 0 Å². The van der Waals surface area contributed by atoms with Crippen molar-refractivity contribution in [3.8, 4) is 0 Å². The molecule has 0 N–H and O–H groups in total. The maximum atomic E-state index is 11.9. The Hall–Kier alpha value is -1.61. The summed E-state index contributed by atoms with van der Waals surface area (Å²) in [6.45, 7) is 0. The molecule has 0 fully saturated rings. The molecule has 1 aliphatic carbocycles. The Bertz CT molecular complexity index is 688. The Morgan fingerprint density at radius 2 is 2.06 bits per heavy atom. The number of rotatable bonds is 1. The fourth-order valence-electron chi connectivity index (χ4n) is 2.60. The fourth-order valence-corrected chi connectivity index (χ4v) is 2.74. The molecular weight excluding hydrogens is 250 g/mol. The Morgan fingerprint density at radius 1 is 1.28 bits per heavy atom. The molecule has 1 aliphatic rings. The number of halogens is 1. The van der Waals surface area contributed by atoms with Gasteiger partial charge in [0.2, 0.25) is 5.71 Å². The average molecular weight is 262 g/mol.